The molecule has 0 amide bonds. The SMILES string of the molecule is Cc1ncc(C2(Oc3ccc4oc(C)c(C(=O)O)c4c3)CC2)s1. The van der Waals surface area contributed by atoms with Gasteiger partial charge < -0.3 is 14.3 Å². The molecule has 23 heavy (non-hydrogen) atoms. The van der Waals surface area contributed by atoms with Crippen LogP contribution in [0, 0.1) is 13.8 Å². The van der Waals surface area contributed by atoms with Crippen LogP contribution in [0.3, 0.4) is 0 Å². The number of thiazole rings is 1. The molecule has 2 aromatic heterocycles. The summed E-state index contributed by atoms with van der Waals surface area (Å²) in [7, 11) is 0. The number of hydrogen-bond donors (Lipinski definition) is 1. The second-order valence-corrected chi connectivity index (χ2v) is 7.07. The van der Waals surface area contributed by atoms with Crippen LogP contribution in [-0.2, 0) is 5.60 Å². The molecule has 2 heterocycles. The maximum absolute atomic E-state index is 11.4. The van der Waals surface area contributed by atoms with E-state index in [1.807, 2.05) is 19.2 Å². The zero-order chi connectivity index (χ0) is 16.2. The number of benzene rings is 1. The molecule has 1 N–H and O–H groups in total. The Balaban J connectivity index is 1.72. The third-order valence-electron chi connectivity index (χ3n) is 4.14. The quantitative estimate of drug-likeness (QED) is 0.774. The number of aryl methyl sites for hydroxylation is 2. The first-order valence-corrected chi connectivity index (χ1v) is 8.18. The van der Waals surface area contributed by atoms with Crippen LogP contribution < -0.4 is 4.74 Å². The van der Waals surface area contributed by atoms with Gasteiger partial charge in [-0.15, -0.1) is 11.3 Å². The van der Waals surface area contributed by atoms with Crippen LogP contribution in [0.4, 0.5) is 0 Å². The third-order valence-corrected chi connectivity index (χ3v) is 5.24. The van der Waals surface area contributed by atoms with Gasteiger partial charge >= 0.3 is 5.97 Å². The lowest BCUT2D eigenvalue weighted by Crippen LogP contribution is -2.13. The molecule has 1 aliphatic rings. The molecule has 0 spiro atoms. The van der Waals surface area contributed by atoms with Crippen LogP contribution in [0.2, 0.25) is 0 Å². The highest BCUT2D eigenvalue weighted by atomic mass is 32.1. The minimum Gasteiger partial charge on any atom is -0.482 e. The van der Waals surface area contributed by atoms with Crippen LogP contribution in [0.1, 0.15) is 38.8 Å². The minimum absolute atomic E-state index is 0.198. The molecule has 1 fully saturated rings. The molecule has 1 aromatic carbocycles. The largest absolute Gasteiger partial charge is 0.482 e. The number of fused-ring (bicyclic) bond motifs is 1. The Morgan fingerprint density at radius 1 is 1.39 bits per heavy atom. The van der Waals surface area contributed by atoms with Gasteiger partial charge in [-0.1, -0.05) is 0 Å². The molecule has 0 bridgehead atoms. The molecule has 5 nitrogen and oxygen atoms in total. The van der Waals surface area contributed by atoms with Crippen molar-refractivity contribution in [1.82, 2.24) is 4.98 Å². The molecular weight excluding hydrogens is 314 g/mol. The van der Waals surface area contributed by atoms with E-state index in [0.29, 0.717) is 22.5 Å². The number of carboxylic acids is 1. The summed E-state index contributed by atoms with van der Waals surface area (Å²) in [5, 5.41) is 11.0. The van der Waals surface area contributed by atoms with Crippen LogP contribution in [0.15, 0.2) is 28.8 Å². The predicted octanol–water partition coefficient (Wildman–Crippen LogP) is 4.27. The van der Waals surface area contributed by atoms with Crippen molar-refractivity contribution in [3.63, 3.8) is 0 Å². The number of hydrogen-bond acceptors (Lipinski definition) is 5. The van der Waals surface area contributed by atoms with Crippen molar-refractivity contribution in [2.45, 2.75) is 32.3 Å². The first kappa shape index (κ1) is 14.3. The lowest BCUT2D eigenvalue weighted by atomic mass is 10.1. The van der Waals surface area contributed by atoms with E-state index >= 15 is 0 Å². The molecule has 3 aromatic rings. The van der Waals surface area contributed by atoms with Gasteiger partial charge in [0.1, 0.15) is 28.3 Å². The van der Waals surface area contributed by atoms with Gasteiger partial charge in [-0.2, -0.15) is 0 Å². The maximum Gasteiger partial charge on any atom is 0.339 e. The Morgan fingerprint density at radius 2 is 2.17 bits per heavy atom. The van der Waals surface area contributed by atoms with Crippen molar-refractivity contribution in [3.05, 3.63) is 45.6 Å². The van der Waals surface area contributed by atoms with Gasteiger partial charge in [0, 0.05) is 11.6 Å². The molecule has 1 aliphatic carbocycles. The molecule has 0 saturated heterocycles. The standard InChI is InChI=1S/C17H15NO4S/c1-9-15(16(19)20)12-7-11(3-4-13(12)21-9)22-17(5-6-17)14-8-18-10(2)23-14/h3-4,7-8H,5-6H2,1-2H3,(H,19,20). The van der Waals surface area contributed by atoms with Gasteiger partial charge in [-0.05, 0) is 44.9 Å². The Bertz CT molecular complexity index is 920. The number of rotatable bonds is 4. The number of aromatic carboxylic acids is 1. The summed E-state index contributed by atoms with van der Waals surface area (Å²) in [4.78, 5) is 16.8. The number of ether oxygens (including phenoxy) is 1. The fraction of sp³-hybridized carbons (Fsp3) is 0.294. The predicted molar refractivity (Wildman–Crippen MR) is 86.3 cm³/mol. The van der Waals surface area contributed by atoms with Gasteiger partial charge in [0.2, 0.25) is 0 Å². The lowest BCUT2D eigenvalue weighted by Gasteiger charge is -2.16. The number of carboxylic acid groups (broad SMARTS) is 1. The molecule has 1 saturated carbocycles. The molecule has 4 rings (SSSR count). The van der Waals surface area contributed by atoms with Crippen LogP contribution >= 0.6 is 11.3 Å². The van der Waals surface area contributed by atoms with Crippen LogP contribution in [-0.4, -0.2) is 16.1 Å². The zero-order valence-corrected chi connectivity index (χ0v) is 13.6. The van der Waals surface area contributed by atoms with Crippen molar-refractivity contribution in [3.8, 4) is 5.75 Å². The number of furan rings is 1. The third kappa shape index (κ3) is 2.30. The van der Waals surface area contributed by atoms with E-state index in [0.717, 1.165) is 22.7 Å². The smallest absolute Gasteiger partial charge is 0.339 e. The molecule has 0 atom stereocenters. The van der Waals surface area contributed by atoms with Crippen molar-refractivity contribution < 1.29 is 19.1 Å². The lowest BCUT2D eigenvalue weighted by molar-refractivity contribution is 0.0697. The summed E-state index contributed by atoms with van der Waals surface area (Å²) >= 11 is 1.64. The van der Waals surface area contributed by atoms with Gasteiger partial charge in [0.25, 0.3) is 0 Å². The fourth-order valence-corrected chi connectivity index (χ4v) is 3.80. The zero-order valence-electron chi connectivity index (χ0n) is 12.8. The molecule has 0 aliphatic heterocycles. The first-order chi connectivity index (χ1) is 11.0. The average Bonchev–Trinajstić information content (AvgIpc) is 2.99. The molecule has 6 heteroatoms. The number of carbonyl (C=O) groups is 1. The second kappa shape index (κ2) is 4.83. The highest BCUT2D eigenvalue weighted by Gasteiger charge is 2.49. The maximum atomic E-state index is 11.4. The van der Waals surface area contributed by atoms with E-state index in [1.54, 1.807) is 30.4 Å². The van der Waals surface area contributed by atoms with Crippen LogP contribution in [0.25, 0.3) is 11.0 Å². The fourth-order valence-electron chi connectivity index (χ4n) is 2.84. The summed E-state index contributed by atoms with van der Waals surface area (Å²) in [5.41, 5.74) is 0.455. The summed E-state index contributed by atoms with van der Waals surface area (Å²) in [5.74, 6) is 0.0748. The van der Waals surface area contributed by atoms with Gasteiger partial charge in [0.15, 0.2) is 0 Å². The van der Waals surface area contributed by atoms with Crippen molar-refractivity contribution in [2.75, 3.05) is 0 Å². The Hall–Kier alpha value is -2.34. The highest BCUT2D eigenvalue weighted by molar-refractivity contribution is 7.11. The summed E-state index contributed by atoms with van der Waals surface area (Å²) in [6, 6.07) is 5.34. The molecule has 0 radical (unpaired) electrons. The van der Waals surface area contributed by atoms with Gasteiger partial charge in [-0.3, -0.25) is 0 Å². The summed E-state index contributed by atoms with van der Waals surface area (Å²) in [6.07, 6.45) is 3.77. The molecule has 0 unspecified atom stereocenters. The Labute approximate surface area is 136 Å². The first-order valence-electron chi connectivity index (χ1n) is 7.37. The Kier molecular flexibility index (Phi) is 2.99. The number of aromatic nitrogens is 1. The molecule has 118 valence electrons. The Morgan fingerprint density at radius 3 is 2.78 bits per heavy atom. The van der Waals surface area contributed by atoms with Gasteiger partial charge in [-0.25, -0.2) is 9.78 Å². The summed E-state index contributed by atoms with van der Waals surface area (Å²) < 4.78 is 11.7. The van der Waals surface area contributed by atoms with E-state index < -0.39 is 5.97 Å². The van der Waals surface area contributed by atoms with E-state index in [-0.39, 0.29) is 11.2 Å². The average molecular weight is 329 g/mol. The van der Waals surface area contributed by atoms with E-state index in [2.05, 4.69) is 4.98 Å². The van der Waals surface area contributed by atoms with E-state index in [9.17, 15) is 9.90 Å². The normalized spacial score (nSPS) is 15.7. The monoisotopic (exact) mass is 329 g/mol. The van der Waals surface area contributed by atoms with E-state index in [1.165, 1.54) is 0 Å². The highest BCUT2D eigenvalue weighted by Crippen LogP contribution is 2.51. The summed E-state index contributed by atoms with van der Waals surface area (Å²) in [6.45, 7) is 3.64. The number of nitrogens with zero attached hydrogens (tertiary/aromatic N) is 1. The molecular formula is C17H15NO4S. The van der Waals surface area contributed by atoms with Gasteiger partial charge in [0.05, 0.1) is 9.88 Å². The topological polar surface area (TPSA) is 72.6 Å². The van der Waals surface area contributed by atoms with Crippen molar-refractivity contribution >= 4 is 28.3 Å². The van der Waals surface area contributed by atoms with Crippen molar-refractivity contribution in [1.29, 1.82) is 0 Å². The van der Waals surface area contributed by atoms with E-state index in [4.69, 9.17) is 9.15 Å². The second-order valence-electron chi connectivity index (χ2n) is 5.84. The minimum atomic E-state index is -0.988. The van der Waals surface area contributed by atoms with Crippen LogP contribution in [0.5, 0.6) is 5.75 Å². The van der Waals surface area contributed by atoms with Crippen molar-refractivity contribution in [2.24, 2.45) is 0 Å².